The summed E-state index contributed by atoms with van der Waals surface area (Å²) in [5.41, 5.74) is 3.18. The Morgan fingerprint density at radius 3 is 2.82 bits per heavy atom. The van der Waals surface area contributed by atoms with Crippen molar-refractivity contribution in [2.75, 3.05) is 6.54 Å². The third kappa shape index (κ3) is 2.40. The van der Waals surface area contributed by atoms with Crippen molar-refractivity contribution in [1.82, 2.24) is 5.32 Å². The molecule has 1 N–H and O–H groups in total. The number of fused-ring (bicyclic) bond motifs is 1. The van der Waals surface area contributed by atoms with E-state index in [9.17, 15) is 0 Å². The molecule has 2 unspecified atom stereocenters. The first-order valence-corrected chi connectivity index (χ1v) is 7.19. The summed E-state index contributed by atoms with van der Waals surface area (Å²) in [7, 11) is 0. The lowest BCUT2D eigenvalue weighted by molar-refractivity contribution is 0.371. The summed E-state index contributed by atoms with van der Waals surface area (Å²) in [5, 5.41) is 3.71. The monoisotopic (exact) mass is 229 g/mol. The molecule has 1 fully saturated rings. The van der Waals surface area contributed by atoms with Crippen molar-refractivity contribution in [3.63, 3.8) is 0 Å². The molecule has 0 amide bonds. The lowest BCUT2D eigenvalue weighted by atomic mass is 9.72. The molecule has 1 aromatic carbocycles. The quantitative estimate of drug-likeness (QED) is 0.787. The Bertz CT molecular complexity index is 381. The molecule has 0 bridgehead atoms. The zero-order chi connectivity index (χ0) is 11.7. The van der Waals surface area contributed by atoms with E-state index in [1.54, 1.807) is 11.1 Å². The largest absolute Gasteiger partial charge is 0.314 e. The van der Waals surface area contributed by atoms with Crippen LogP contribution < -0.4 is 5.32 Å². The standard InChI is InChI=1S/C16H23N/c1-2-17-16(10-9-12-7-8-12)15-11-13-5-3-4-6-14(13)15/h3-6,12,15-17H,2,7-11H2,1H3. The molecular formula is C16H23N. The number of hydrogen-bond acceptors (Lipinski definition) is 1. The van der Waals surface area contributed by atoms with E-state index in [-0.39, 0.29) is 0 Å². The van der Waals surface area contributed by atoms with Gasteiger partial charge in [-0.2, -0.15) is 0 Å². The maximum Gasteiger partial charge on any atom is 0.0139 e. The minimum Gasteiger partial charge on any atom is -0.314 e. The van der Waals surface area contributed by atoms with Gasteiger partial charge in [-0.25, -0.2) is 0 Å². The second kappa shape index (κ2) is 4.81. The SMILES string of the molecule is CCNC(CCC1CC1)C1Cc2ccccc21. The van der Waals surface area contributed by atoms with Crippen molar-refractivity contribution in [3.8, 4) is 0 Å². The van der Waals surface area contributed by atoms with Crippen LogP contribution in [0.3, 0.4) is 0 Å². The molecule has 0 radical (unpaired) electrons. The Morgan fingerprint density at radius 1 is 1.29 bits per heavy atom. The van der Waals surface area contributed by atoms with Gasteiger partial charge < -0.3 is 5.32 Å². The highest BCUT2D eigenvalue weighted by Gasteiger charge is 2.33. The predicted molar refractivity (Wildman–Crippen MR) is 72.3 cm³/mol. The zero-order valence-electron chi connectivity index (χ0n) is 10.8. The predicted octanol–water partition coefficient (Wildman–Crippen LogP) is 3.49. The number of rotatable bonds is 6. The van der Waals surface area contributed by atoms with Crippen LogP contribution in [0, 0.1) is 5.92 Å². The Labute approximate surface area is 105 Å². The van der Waals surface area contributed by atoms with Crippen molar-refractivity contribution in [3.05, 3.63) is 35.4 Å². The lowest BCUT2D eigenvalue weighted by Crippen LogP contribution is -2.40. The molecule has 0 saturated heterocycles. The molecule has 92 valence electrons. The van der Waals surface area contributed by atoms with E-state index in [0.717, 1.165) is 24.4 Å². The zero-order valence-corrected chi connectivity index (χ0v) is 10.8. The van der Waals surface area contributed by atoms with Crippen LogP contribution in [0.2, 0.25) is 0 Å². The van der Waals surface area contributed by atoms with Gasteiger partial charge in [0.1, 0.15) is 0 Å². The molecule has 2 aliphatic carbocycles. The molecule has 0 heterocycles. The van der Waals surface area contributed by atoms with Crippen molar-refractivity contribution >= 4 is 0 Å². The number of benzene rings is 1. The van der Waals surface area contributed by atoms with Crippen LogP contribution in [-0.2, 0) is 6.42 Å². The number of hydrogen-bond donors (Lipinski definition) is 1. The van der Waals surface area contributed by atoms with Crippen LogP contribution in [-0.4, -0.2) is 12.6 Å². The molecule has 0 aliphatic heterocycles. The molecule has 17 heavy (non-hydrogen) atoms. The maximum absolute atomic E-state index is 3.71. The Kier molecular flexibility index (Phi) is 3.19. The number of nitrogens with one attached hydrogen (secondary N) is 1. The smallest absolute Gasteiger partial charge is 0.0139 e. The molecule has 1 aromatic rings. The summed E-state index contributed by atoms with van der Waals surface area (Å²) < 4.78 is 0. The maximum atomic E-state index is 3.71. The summed E-state index contributed by atoms with van der Waals surface area (Å²) >= 11 is 0. The average molecular weight is 229 g/mol. The van der Waals surface area contributed by atoms with E-state index in [1.807, 2.05) is 0 Å². The van der Waals surface area contributed by atoms with Gasteiger partial charge in [0, 0.05) is 12.0 Å². The van der Waals surface area contributed by atoms with Crippen LogP contribution in [0.4, 0.5) is 0 Å². The van der Waals surface area contributed by atoms with Gasteiger partial charge in [0.15, 0.2) is 0 Å². The van der Waals surface area contributed by atoms with Gasteiger partial charge in [-0.15, -0.1) is 0 Å². The third-order valence-corrected chi connectivity index (χ3v) is 4.43. The first kappa shape index (κ1) is 11.3. The molecule has 0 aromatic heterocycles. The van der Waals surface area contributed by atoms with E-state index >= 15 is 0 Å². The highest BCUT2D eigenvalue weighted by atomic mass is 14.9. The first-order valence-electron chi connectivity index (χ1n) is 7.19. The molecule has 1 heteroatoms. The van der Waals surface area contributed by atoms with Crippen LogP contribution in [0.25, 0.3) is 0 Å². The second-order valence-corrected chi connectivity index (χ2v) is 5.69. The first-order chi connectivity index (χ1) is 8.38. The van der Waals surface area contributed by atoms with Gasteiger partial charge in [0.05, 0.1) is 0 Å². The highest BCUT2D eigenvalue weighted by molar-refractivity contribution is 5.41. The molecule has 1 nitrogen and oxygen atoms in total. The minimum atomic E-state index is 0.718. The van der Waals surface area contributed by atoms with E-state index in [4.69, 9.17) is 0 Å². The average Bonchev–Trinajstić information content (AvgIpc) is 3.11. The lowest BCUT2D eigenvalue weighted by Gasteiger charge is -2.37. The van der Waals surface area contributed by atoms with E-state index in [1.165, 1.54) is 32.1 Å². The Morgan fingerprint density at radius 2 is 2.12 bits per heavy atom. The van der Waals surface area contributed by atoms with Gasteiger partial charge in [-0.3, -0.25) is 0 Å². The second-order valence-electron chi connectivity index (χ2n) is 5.69. The van der Waals surface area contributed by atoms with Crippen LogP contribution in [0.15, 0.2) is 24.3 Å². The molecule has 1 saturated carbocycles. The van der Waals surface area contributed by atoms with Crippen molar-refractivity contribution in [1.29, 1.82) is 0 Å². The van der Waals surface area contributed by atoms with Crippen molar-refractivity contribution in [2.45, 2.75) is 51.0 Å². The summed E-state index contributed by atoms with van der Waals surface area (Å²) in [6, 6.07) is 9.69. The van der Waals surface area contributed by atoms with E-state index in [2.05, 4.69) is 36.5 Å². The van der Waals surface area contributed by atoms with E-state index in [0.29, 0.717) is 0 Å². The van der Waals surface area contributed by atoms with Gasteiger partial charge >= 0.3 is 0 Å². The topological polar surface area (TPSA) is 12.0 Å². The molecule has 2 atom stereocenters. The van der Waals surface area contributed by atoms with Crippen molar-refractivity contribution < 1.29 is 0 Å². The van der Waals surface area contributed by atoms with Crippen LogP contribution >= 0.6 is 0 Å². The van der Waals surface area contributed by atoms with Gasteiger partial charge in [0.2, 0.25) is 0 Å². The summed E-state index contributed by atoms with van der Waals surface area (Å²) in [5.74, 6) is 1.84. The normalized spacial score (nSPS) is 23.9. The summed E-state index contributed by atoms with van der Waals surface area (Å²) in [6.45, 7) is 3.34. The van der Waals surface area contributed by atoms with Crippen LogP contribution in [0.5, 0.6) is 0 Å². The fourth-order valence-electron chi connectivity index (χ4n) is 3.19. The Balaban J connectivity index is 1.63. The molecule has 3 rings (SSSR count). The van der Waals surface area contributed by atoms with Crippen molar-refractivity contribution in [2.24, 2.45) is 5.92 Å². The minimum absolute atomic E-state index is 0.718. The van der Waals surface area contributed by atoms with Crippen LogP contribution in [0.1, 0.15) is 49.7 Å². The summed E-state index contributed by atoms with van der Waals surface area (Å²) in [6.07, 6.45) is 7.08. The third-order valence-electron chi connectivity index (χ3n) is 4.43. The Hall–Kier alpha value is -0.820. The fourth-order valence-corrected chi connectivity index (χ4v) is 3.19. The summed E-state index contributed by atoms with van der Waals surface area (Å²) in [4.78, 5) is 0. The molecule has 2 aliphatic rings. The van der Waals surface area contributed by atoms with Gasteiger partial charge in [-0.05, 0) is 42.9 Å². The molecule has 0 spiro atoms. The highest BCUT2D eigenvalue weighted by Crippen LogP contribution is 2.41. The van der Waals surface area contributed by atoms with E-state index < -0.39 is 0 Å². The van der Waals surface area contributed by atoms with Gasteiger partial charge in [0.25, 0.3) is 0 Å². The molecular weight excluding hydrogens is 206 g/mol. The number of likely N-dealkylation sites (N-methyl/N-ethyl adjacent to an activating group) is 1. The van der Waals surface area contributed by atoms with Gasteiger partial charge in [-0.1, -0.05) is 44.0 Å². The fraction of sp³-hybridized carbons (Fsp3) is 0.625.